The fraction of sp³-hybridized carbons (Fsp3) is 0.750. The molecule has 1 saturated heterocycles. The highest BCUT2D eigenvalue weighted by molar-refractivity contribution is 6.11. The van der Waals surface area contributed by atoms with E-state index in [1.807, 2.05) is 0 Å². The number of nitrogens with zero attached hydrogens (tertiary/aromatic N) is 2. The predicted molar refractivity (Wildman–Crippen MR) is 79.5 cm³/mol. The SMILES string of the molecule is CC(=O)N1C(=O)[C@H](CC2CCCCC2)N(C(C)=O)C(=O)[C@@H]1C. The molecule has 6 heteroatoms. The van der Waals surface area contributed by atoms with Gasteiger partial charge in [-0.05, 0) is 19.3 Å². The minimum absolute atomic E-state index is 0.333. The first-order valence-corrected chi connectivity index (χ1v) is 8.02. The van der Waals surface area contributed by atoms with Crippen LogP contribution in [0.25, 0.3) is 0 Å². The molecule has 2 rings (SSSR count). The quantitative estimate of drug-likeness (QED) is 0.774. The normalized spacial score (nSPS) is 27.2. The number of rotatable bonds is 2. The van der Waals surface area contributed by atoms with Crippen molar-refractivity contribution in [3.05, 3.63) is 0 Å². The van der Waals surface area contributed by atoms with Crippen molar-refractivity contribution in [1.29, 1.82) is 0 Å². The average molecular weight is 308 g/mol. The molecule has 0 aromatic rings. The largest absolute Gasteiger partial charge is 0.275 e. The summed E-state index contributed by atoms with van der Waals surface area (Å²) in [5.74, 6) is -1.40. The molecule has 2 atom stereocenters. The Bertz CT molecular complexity index is 496. The molecule has 6 nitrogen and oxygen atoms in total. The van der Waals surface area contributed by atoms with Gasteiger partial charge in [-0.2, -0.15) is 0 Å². The van der Waals surface area contributed by atoms with E-state index in [2.05, 4.69) is 0 Å². The molecule has 0 radical (unpaired) electrons. The molecule has 122 valence electrons. The zero-order chi connectivity index (χ0) is 16.4. The van der Waals surface area contributed by atoms with Gasteiger partial charge < -0.3 is 0 Å². The second kappa shape index (κ2) is 6.58. The number of carbonyl (C=O) groups is 4. The van der Waals surface area contributed by atoms with Crippen molar-refractivity contribution in [1.82, 2.24) is 9.80 Å². The van der Waals surface area contributed by atoms with E-state index in [4.69, 9.17) is 0 Å². The molecule has 0 N–H and O–H groups in total. The lowest BCUT2D eigenvalue weighted by Gasteiger charge is -2.42. The molecule has 2 fully saturated rings. The van der Waals surface area contributed by atoms with Crippen LogP contribution in [0.15, 0.2) is 0 Å². The van der Waals surface area contributed by atoms with Crippen LogP contribution < -0.4 is 0 Å². The topological polar surface area (TPSA) is 74.8 Å². The summed E-state index contributed by atoms with van der Waals surface area (Å²) in [4.78, 5) is 50.8. The van der Waals surface area contributed by atoms with Crippen molar-refractivity contribution in [2.24, 2.45) is 5.92 Å². The standard InChI is InChI=1S/C16H24N2O4/c1-10-15(21)18(12(3)20)14(16(22)17(10)11(2)19)9-13-7-5-4-6-8-13/h10,13-14H,4-9H2,1-3H3/t10-,14-/m0/s1. The summed E-state index contributed by atoms with van der Waals surface area (Å²) in [5.41, 5.74) is 0. The van der Waals surface area contributed by atoms with Crippen LogP contribution in [-0.4, -0.2) is 45.5 Å². The van der Waals surface area contributed by atoms with Crippen molar-refractivity contribution >= 4 is 23.6 Å². The van der Waals surface area contributed by atoms with Gasteiger partial charge in [0.2, 0.25) is 11.8 Å². The summed E-state index contributed by atoms with van der Waals surface area (Å²) in [6.45, 7) is 4.08. The van der Waals surface area contributed by atoms with Crippen molar-refractivity contribution < 1.29 is 19.2 Å². The van der Waals surface area contributed by atoms with Crippen LogP contribution in [-0.2, 0) is 19.2 Å². The first-order valence-electron chi connectivity index (χ1n) is 8.02. The van der Waals surface area contributed by atoms with Crippen LogP contribution in [0.3, 0.4) is 0 Å². The number of hydrogen-bond donors (Lipinski definition) is 0. The van der Waals surface area contributed by atoms with Gasteiger partial charge in [0.25, 0.3) is 11.8 Å². The summed E-state index contributed by atoms with van der Waals surface area (Å²) in [5, 5.41) is 0. The van der Waals surface area contributed by atoms with Gasteiger partial charge in [0.05, 0.1) is 0 Å². The van der Waals surface area contributed by atoms with Gasteiger partial charge >= 0.3 is 0 Å². The molecule has 2 aliphatic rings. The smallest absolute Gasteiger partial charge is 0.253 e. The minimum atomic E-state index is -0.906. The molecule has 22 heavy (non-hydrogen) atoms. The Morgan fingerprint density at radius 1 is 0.955 bits per heavy atom. The van der Waals surface area contributed by atoms with Gasteiger partial charge in [-0.25, -0.2) is 0 Å². The number of hydrogen-bond acceptors (Lipinski definition) is 4. The highest BCUT2D eigenvalue weighted by Gasteiger charge is 2.47. The Morgan fingerprint density at radius 2 is 1.50 bits per heavy atom. The second-order valence-corrected chi connectivity index (χ2v) is 6.39. The Morgan fingerprint density at radius 3 is 2.00 bits per heavy atom. The van der Waals surface area contributed by atoms with E-state index in [9.17, 15) is 19.2 Å². The Kier molecular flexibility index (Phi) is 4.98. The molecular weight excluding hydrogens is 284 g/mol. The summed E-state index contributed by atoms with van der Waals surface area (Å²) < 4.78 is 0. The van der Waals surface area contributed by atoms with Crippen molar-refractivity contribution in [2.45, 2.75) is 71.4 Å². The van der Waals surface area contributed by atoms with E-state index in [-0.39, 0.29) is 0 Å². The van der Waals surface area contributed by atoms with E-state index in [1.165, 1.54) is 27.2 Å². The maximum absolute atomic E-state index is 12.7. The third-order valence-corrected chi connectivity index (χ3v) is 4.78. The minimum Gasteiger partial charge on any atom is -0.275 e. The zero-order valence-electron chi connectivity index (χ0n) is 13.5. The van der Waals surface area contributed by atoms with E-state index in [0.29, 0.717) is 12.3 Å². The molecule has 0 unspecified atom stereocenters. The number of amides is 4. The molecule has 0 bridgehead atoms. The third-order valence-electron chi connectivity index (χ3n) is 4.78. The third kappa shape index (κ3) is 3.05. The van der Waals surface area contributed by atoms with E-state index < -0.39 is 35.7 Å². The number of carbonyl (C=O) groups excluding carboxylic acids is 4. The van der Waals surface area contributed by atoms with Crippen LogP contribution in [0, 0.1) is 5.92 Å². The van der Waals surface area contributed by atoms with Gasteiger partial charge in [0.15, 0.2) is 0 Å². The summed E-state index contributed by atoms with van der Waals surface area (Å²) >= 11 is 0. The maximum atomic E-state index is 12.7. The van der Waals surface area contributed by atoms with Crippen LogP contribution in [0.4, 0.5) is 0 Å². The van der Waals surface area contributed by atoms with E-state index in [0.717, 1.165) is 35.5 Å². The second-order valence-electron chi connectivity index (χ2n) is 6.39. The van der Waals surface area contributed by atoms with Gasteiger partial charge in [-0.15, -0.1) is 0 Å². The lowest BCUT2D eigenvalue weighted by molar-refractivity contribution is -0.171. The molecule has 0 aromatic carbocycles. The molecule has 4 amide bonds. The summed E-state index contributed by atoms with van der Waals surface area (Å²) in [6.07, 6.45) is 5.93. The predicted octanol–water partition coefficient (Wildman–Crippen LogP) is 1.48. The van der Waals surface area contributed by atoms with Crippen LogP contribution in [0.1, 0.15) is 59.3 Å². The monoisotopic (exact) mass is 308 g/mol. The van der Waals surface area contributed by atoms with Gasteiger partial charge in [0, 0.05) is 13.8 Å². The van der Waals surface area contributed by atoms with Gasteiger partial charge in [0.1, 0.15) is 12.1 Å². The average Bonchev–Trinajstić information content (AvgIpc) is 2.45. The van der Waals surface area contributed by atoms with Gasteiger partial charge in [-0.1, -0.05) is 32.1 Å². The molecule has 1 aliphatic carbocycles. The van der Waals surface area contributed by atoms with Crippen LogP contribution in [0.2, 0.25) is 0 Å². The van der Waals surface area contributed by atoms with Gasteiger partial charge in [-0.3, -0.25) is 29.0 Å². The molecular formula is C16H24N2O4. The summed E-state index contributed by atoms with van der Waals surface area (Å²) in [6, 6.07) is -1.73. The number of imide groups is 2. The molecule has 1 aliphatic heterocycles. The van der Waals surface area contributed by atoms with Crippen LogP contribution >= 0.6 is 0 Å². The highest BCUT2D eigenvalue weighted by atomic mass is 16.2. The first-order chi connectivity index (χ1) is 10.3. The lowest BCUT2D eigenvalue weighted by Crippen LogP contribution is -2.66. The Hall–Kier alpha value is -1.72. The first kappa shape index (κ1) is 16.6. The fourth-order valence-electron chi connectivity index (χ4n) is 3.67. The molecule has 1 heterocycles. The fourth-order valence-corrected chi connectivity index (χ4v) is 3.67. The lowest BCUT2D eigenvalue weighted by atomic mass is 9.83. The maximum Gasteiger partial charge on any atom is 0.253 e. The Labute approximate surface area is 130 Å². The van der Waals surface area contributed by atoms with Crippen molar-refractivity contribution in [3.63, 3.8) is 0 Å². The van der Waals surface area contributed by atoms with Crippen molar-refractivity contribution in [2.75, 3.05) is 0 Å². The Balaban J connectivity index is 2.27. The van der Waals surface area contributed by atoms with Crippen LogP contribution in [0.5, 0.6) is 0 Å². The molecule has 0 spiro atoms. The van der Waals surface area contributed by atoms with E-state index >= 15 is 0 Å². The van der Waals surface area contributed by atoms with Crippen molar-refractivity contribution in [3.8, 4) is 0 Å². The molecule has 0 aromatic heterocycles. The number of piperazine rings is 1. The molecule has 1 saturated carbocycles. The van der Waals surface area contributed by atoms with E-state index in [1.54, 1.807) is 0 Å². The highest BCUT2D eigenvalue weighted by Crippen LogP contribution is 2.31. The zero-order valence-corrected chi connectivity index (χ0v) is 13.5. The summed E-state index contributed by atoms with van der Waals surface area (Å²) in [7, 11) is 0.